The van der Waals surface area contributed by atoms with E-state index in [1.54, 1.807) is 11.0 Å². The van der Waals surface area contributed by atoms with E-state index in [-0.39, 0.29) is 12.0 Å². The van der Waals surface area contributed by atoms with Gasteiger partial charge in [-0.1, -0.05) is 12.1 Å². The first-order valence-electron chi connectivity index (χ1n) is 6.76. The molecule has 0 spiro atoms. The number of carbonyl (C=O) groups is 2. The molecule has 1 N–H and O–H groups in total. The molecule has 0 bridgehead atoms. The number of anilines is 2. The van der Waals surface area contributed by atoms with Gasteiger partial charge in [-0.2, -0.15) is 0 Å². The Bertz CT molecular complexity index is 520. The van der Waals surface area contributed by atoms with Crippen LogP contribution in [0.4, 0.5) is 16.2 Å². The molecule has 1 aliphatic heterocycles. The summed E-state index contributed by atoms with van der Waals surface area (Å²) in [5.74, 6) is -0.0266. The van der Waals surface area contributed by atoms with Crippen molar-refractivity contribution in [2.75, 3.05) is 16.8 Å². The van der Waals surface area contributed by atoms with Crippen LogP contribution in [0, 0.1) is 0 Å². The van der Waals surface area contributed by atoms with Gasteiger partial charge in [0.05, 0.1) is 11.4 Å². The first-order chi connectivity index (χ1) is 9.37. The number of nitrogens with zero attached hydrogens (tertiary/aromatic N) is 1. The van der Waals surface area contributed by atoms with Crippen LogP contribution in [0.1, 0.15) is 33.6 Å². The summed E-state index contributed by atoms with van der Waals surface area (Å²) in [4.78, 5) is 25.6. The van der Waals surface area contributed by atoms with E-state index in [0.29, 0.717) is 30.8 Å². The molecule has 0 radical (unpaired) electrons. The maximum atomic E-state index is 12.3. The molecule has 2 rings (SSSR count). The Morgan fingerprint density at radius 2 is 2.00 bits per heavy atom. The highest BCUT2D eigenvalue weighted by Gasteiger charge is 2.26. The van der Waals surface area contributed by atoms with Gasteiger partial charge in [-0.15, -0.1) is 0 Å². The van der Waals surface area contributed by atoms with E-state index >= 15 is 0 Å². The molecular formula is C15H20N2O3. The van der Waals surface area contributed by atoms with Crippen molar-refractivity contribution in [2.45, 2.75) is 39.2 Å². The molecule has 1 heterocycles. The first kappa shape index (κ1) is 14.4. The Balaban J connectivity index is 2.31. The normalized spacial score (nSPS) is 15.8. The minimum Gasteiger partial charge on any atom is -0.443 e. The van der Waals surface area contributed by atoms with Gasteiger partial charge < -0.3 is 10.1 Å². The highest BCUT2D eigenvalue weighted by molar-refractivity contribution is 5.99. The van der Waals surface area contributed by atoms with Gasteiger partial charge in [0.25, 0.3) is 0 Å². The Labute approximate surface area is 118 Å². The Morgan fingerprint density at radius 3 is 2.70 bits per heavy atom. The standard InChI is InChI=1S/C15H20N2O3/c1-15(2,3)20-14(19)17-10-6-9-13(18)16-11-7-4-5-8-12(11)17/h4-5,7-8H,6,9-10H2,1-3H3,(H,16,18). The molecule has 5 nitrogen and oxygen atoms in total. The van der Waals surface area contributed by atoms with Crippen LogP contribution in [-0.2, 0) is 9.53 Å². The number of benzene rings is 1. The van der Waals surface area contributed by atoms with Gasteiger partial charge in [0, 0.05) is 13.0 Å². The number of carbonyl (C=O) groups excluding carboxylic acids is 2. The fourth-order valence-electron chi connectivity index (χ4n) is 2.05. The minimum absolute atomic E-state index is 0.0266. The van der Waals surface area contributed by atoms with Crippen molar-refractivity contribution in [2.24, 2.45) is 0 Å². The molecule has 1 aromatic rings. The van der Waals surface area contributed by atoms with Crippen LogP contribution in [0.2, 0.25) is 0 Å². The van der Waals surface area contributed by atoms with E-state index in [1.807, 2.05) is 39.0 Å². The predicted molar refractivity (Wildman–Crippen MR) is 77.9 cm³/mol. The number of para-hydroxylation sites is 2. The van der Waals surface area contributed by atoms with Crippen molar-refractivity contribution in [3.05, 3.63) is 24.3 Å². The number of amides is 2. The third kappa shape index (κ3) is 3.50. The topological polar surface area (TPSA) is 58.6 Å². The molecule has 0 fully saturated rings. The van der Waals surface area contributed by atoms with Crippen LogP contribution in [0.25, 0.3) is 0 Å². The lowest BCUT2D eigenvalue weighted by Crippen LogP contribution is -2.39. The lowest BCUT2D eigenvalue weighted by molar-refractivity contribution is -0.116. The predicted octanol–water partition coefficient (Wildman–Crippen LogP) is 3.16. The fraction of sp³-hybridized carbons (Fsp3) is 0.467. The fourth-order valence-corrected chi connectivity index (χ4v) is 2.05. The van der Waals surface area contributed by atoms with E-state index in [9.17, 15) is 9.59 Å². The number of nitrogens with one attached hydrogen (secondary N) is 1. The Kier molecular flexibility index (Phi) is 3.97. The summed E-state index contributed by atoms with van der Waals surface area (Å²) in [5, 5.41) is 2.82. The Morgan fingerprint density at radius 1 is 1.30 bits per heavy atom. The van der Waals surface area contributed by atoms with Crippen LogP contribution in [0.5, 0.6) is 0 Å². The van der Waals surface area contributed by atoms with E-state index in [4.69, 9.17) is 4.74 Å². The quantitative estimate of drug-likeness (QED) is 0.791. The molecular weight excluding hydrogens is 256 g/mol. The third-order valence-corrected chi connectivity index (χ3v) is 2.87. The summed E-state index contributed by atoms with van der Waals surface area (Å²) in [6.45, 7) is 5.98. The van der Waals surface area contributed by atoms with E-state index in [2.05, 4.69) is 5.32 Å². The number of hydrogen-bond donors (Lipinski definition) is 1. The highest BCUT2D eigenvalue weighted by Crippen LogP contribution is 2.29. The Hall–Kier alpha value is -2.04. The third-order valence-electron chi connectivity index (χ3n) is 2.87. The second-order valence-electron chi connectivity index (χ2n) is 5.80. The molecule has 108 valence electrons. The van der Waals surface area contributed by atoms with Gasteiger partial charge in [-0.3, -0.25) is 9.69 Å². The average Bonchev–Trinajstić information content (AvgIpc) is 2.31. The summed E-state index contributed by atoms with van der Waals surface area (Å²) in [6, 6.07) is 7.26. The average molecular weight is 276 g/mol. The molecule has 0 aliphatic carbocycles. The van der Waals surface area contributed by atoms with E-state index < -0.39 is 5.60 Å². The summed E-state index contributed by atoms with van der Waals surface area (Å²) >= 11 is 0. The molecule has 0 aromatic heterocycles. The number of rotatable bonds is 0. The minimum atomic E-state index is -0.544. The summed E-state index contributed by atoms with van der Waals surface area (Å²) in [5.41, 5.74) is 0.773. The van der Waals surface area contributed by atoms with Crippen LogP contribution >= 0.6 is 0 Å². The smallest absolute Gasteiger partial charge is 0.414 e. The molecule has 2 amide bonds. The first-order valence-corrected chi connectivity index (χ1v) is 6.76. The van der Waals surface area contributed by atoms with Gasteiger partial charge >= 0.3 is 6.09 Å². The molecule has 20 heavy (non-hydrogen) atoms. The van der Waals surface area contributed by atoms with Gasteiger partial charge in [0.15, 0.2) is 0 Å². The zero-order valence-electron chi connectivity index (χ0n) is 12.1. The van der Waals surface area contributed by atoms with E-state index in [0.717, 1.165) is 0 Å². The van der Waals surface area contributed by atoms with Crippen LogP contribution in [-0.4, -0.2) is 24.1 Å². The molecule has 0 saturated carbocycles. The van der Waals surface area contributed by atoms with Crippen molar-refractivity contribution in [3.8, 4) is 0 Å². The van der Waals surface area contributed by atoms with Crippen molar-refractivity contribution in [3.63, 3.8) is 0 Å². The zero-order chi connectivity index (χ0) is 14.8. The van der Waals surface area contributed by atoms with Gasteiger partial charge in [0.2, 0.25) is 5.91 Å². The molecule has 5 heteroatoms. The second-order valence-corrected chi connectivity index (χ2v) is 5.80. The van der Waals surface area contributed by atoms with Crippen molar-refractivity contribution in [1.82, 2.24) is 0 Å². The lowest BCUT2D eigenvalue weighted by atomic mass is 10.1. The maximum absolute atomic E-state index is 12.3. The maximum Gasteiger partial charge on any atom is 0.414 e. The number of hydrogen-bond acceptors (Lipinski definition) is 3. The van der Waals surface area contributed by atoms with Crippen LogP contribution in [0.3, 0.4) is 0 Å². The summed E-state index contributed by atoms with van der Waals surface area (Å²) < 4.78 is 5.43. The molecule has 1 aromatic carbocycles. The van der Waals surface area contributed by atoms with Gasteiger partial charge in [0.1, 0.15) is 5.60 Å². The molecule has 0 unspecified atom stereocenters. The van der Waals surface area contributed by atoms with Crippen molar-refractivity contribution < 1.29 is 14.3 Å². The summed E-state index contributed by atoms with van der Waals surface area (Å²) in [6.07, 6.45) is 0.619. The zero-order valence-corrected chi connectivity index (χ0v) is 12.1. The van der Waals surface area contributed by atoms with Gasteiger partial charge in [-0.05, 0) is 39.3 Å². The number of ether oxygens (including phenoxy) is 1. The van der Waals surface area contributed by atoms with Gasteiger partial charge in [-0.25, -0.2) is 4.79 Å². The lowest BCUT2D eigenvalue weighted by Gasteiger charge is -2.30. The monoisotopic (exact) mass is 276 g/mol. The van der Waals surface area contributed by atoms with Crippen LogP contribution < -0.4 is 10.2 Å². The highest BCUT2D eigenvalue weighted by atomic mass is 16.6. The van der Waals surface area contributed by atoms with E-state index in [1.165, 1.54) is 0 Å². The summed E-state index contributed by atoms with van der Waals surface area (Å²) in [7, 11) is 0. The second kappa shape index (κ2) is 5.53. The molecule has 0 saturated heterocycles. The van der Waals surface area contributed by atoms with Crippen LogP contribution in [0.15, 0.2) is 24.3 Å². The molecule has 0 atom stereocenters. The SMILES string of the molecule is CC(C)(C)OC(=O)N1CCCC(=O)Nc2ccccc21. The largest absolute Gasteiger partial charge is 0.443 e. The number of fused-ring (bicyclic) bond motifs is 1. The molecule has 1 aliphatic rings. The van der Waals surface area contributed by atoms with Crippen molar-refractivity contribution in [1.29, 1.82) is 0 Å². The van der Waals surface area contributed by atoms with Crippen molar-refractivity contribution >= 4 is 23.4 Å².